The van der Waals surface area contributed by atoms with Gasteiger partial charge in [-0.15, -0.1) is 0 Å². The van der Waals surface area contributed by atoms with Crippen LogP contribution >= 0.6 is 0 Å². The smallest absolute Gasteiger partial charge is 0.255 e. The Morgan fingerprint density at radius 1 is 1.21 bits per heavy atom. The second-order valence-electron chi connectivity index (χ2n) is 6.83. The van der Waals surface area contributed by atoms with E-state index in [1.54, 1.807) is 43.8 Å². The van der Waals surface area contributed by atoms with Crippen molar-refractivity contribution in [2.45, 2.75) is 12.8 Å². The van der Waals surface area contributed by atoms with Crippen LogP contribution in [-0.2, 0) is 4.79 Å². The van der Waals surface area contributed by atoms with Crippen molar-refractivity contribution in [1.82, 2.24) is 15.2 Å². The van der Waals surface area contributed by atoms with Gasteiger partial charge in [-0.2, -0.15) is 0 Å². The van der Waals surface area contributed by atoms with E-state index in [-0.39, 0.29) is 11.8 Å². The molecule has 6 nitrogen and oxygen atoms in total. The maximum Gasteiger partial charge on any atom is 0.255 e. The lowest BCUT2D eigenvalue weighted by Gasteiger charge is -2.32. The van der Waals surface area contributed by atoms with Crippen molar-refractivity contribution in [3.8, 4) is 5.75 Å². The van der Waals surface area contributed by atoms with Crippen LogP contribution in [0.15, 0.2) is 54.9 Å². The van der Waals surface area contributed by atoms with E-state index in [2.05, 4.69) is 10.3 Å². The Balaban J connectivity index is 1.40. The topological polar surface area (TPSA) is 71.5 Å². The van der Waals surface area contributed by atoms with E-state index in [4.69, 9.17) is 4.74 Å². The Hall–Kier alpha value is -3.15. The number of carbonyl (C=O) groups excluding carboxylic acids is 2. The maximum absolute atomic E-state index is 12.4. The minimum atomic E-state index is -0.107. The van der Waals surface area contributed by atoms with Crippen molar-refractivity contribution in [3.63, 3.8) is 0 Å². The third-order valence-corrected chi connectivity index (χ3v) is 4.92. The monoisotopic (exact) mass is 379 g/mol. The van der Waals surface area contributed by atoms with Gasteiger partial charge in [0, 0.05) is 38.1 Å². The summed E-state index contributed by atoms with van der Waals surface area (Å²) in [6.45, 7) is 2.03. The van der Waals surface area contributed by atoms with Crippen LogP contribution in [0, 0.1) is 5.92 Å². The number of methoxy groups -OCH3 is 1. The summed E-state index contributed by atoms with van der Waals surface area (Å²) in [6.07, 6.45) is 8.36. The van der Waals surface area contributed by atoms with Gasteiger partial charge in [-0.3, -0.25) is 14.6 Å². The molecule has 0 saturated carbocycles. The first kappa shape index (κ1) is 19.6. The number of aromatic nitrogens is 1. The van der Waals surface area contributed by atoms with Crippen LogP contribution < -0.4 is 10.1 Å². The third-order valence-electron chi connectivity index (χ3n) is 4.92. The van der Waals surface area contributed by atoms with E-state index in [1.165, 1.54) is 0 Å². The Morgan fingerprint density at radius 2 is 1.96 bits per heavy atom. The highest BCUT2D eigenvalue weighted by Crippen LogP contribution is 2.18. The van der Waals surface area contributed by atoms with Gasteiger partial charge in [0.2, 0.25) is 5.91 Å². The van der Waals surface area contributed by atoms with Gasteiger partial charge in [0.15, 0.2) is 0 Å². The number of pyridine rings is 1. The van der Waals surface area contributed by atoms with E-state index >= 15 is 0 Å². The largest absolute Gasteiger partial charge is 0.497 e. The van der Waals surface area contributed by atoms with Crippen LogP contribution in [0.2, 0.25) is 0 Å². The molecule has 0 atom stereocenters. The van der Waals surface area contributed by atoms with Crippen LogP contribution in [0.25, 0.3) is 6.08 Å². The number of hydrogen-bond acceptors (Lipinski definition) is 4. The van der Waals surface area contributed by atoms with Gasteiger partial charge in [0.1, 0.15) is 5.75 Å². The summed E-state index contributed by atoms with van der Waals surface area (Å²) in [7, 11) is 1.62. The summed E-state index contributed by atoms with van der Waals surface area (Å²) in [5.74, 6) is 1.09. The van der Waals surface area contributed by atoms with Gasteiger partial charge in [-0.1, -0.05) is 12.1 Å². The van der Waals surface area contributed by atoms with Crippen molar-refractivity contribution in [2.24, 2.45) is 5.92 Å². The fourth-order valence-corrected chi connectivity index (χ4v) is 3.20. The van der Waals surface area contributed by atoms with Gasteiger partial charge >= 0.3 is 0 Å². The number of nitrogens with one attached hydrogen (secondary N) is 1. The summed E-state index contributed by atoms with van der Waals surface area (Å²) in [6, 6.07) is 11.1. The number of nitrogens with zero attached hydrogens (tertiary/aromatic N) is 2. The highest BCUT2D eigenvalue weighted by molar-refractivity contribution is 5.94. The Morgan fingerprint density at radius 3 is 2.61 bits per heavy atom. The second kappa shape index (κ2) is 9.69. The molecule has 0 unspecified atom stereocenters. The third kappa shape index (κ3) is 5.42. The summed E-state index contributed by atoms with van der Waals surface area (Å²) in [5, 5.41) is 2.96. The quantitative estimate of drug-likeness (QED) is 0.784. The van der Waals surface area contributed by atoms with Crippen molar-refractivity contribution in [1.29, 1.82) is 0 Å². The van der Waals surface area contributed by atoms with Gasteiger partial charge in [0.25, 0.3) is 5.91 Å². The SMILES string of the molecule is COc1ccc(/C=C/C(=O)NCC2CCN(C(=O)c3cccnc3)CC2)cc1. The van der Waals surface area contributed by atoms with Crippen LogP contribution in [-0.4, -0.2) is 48.4 Å². The Kier molecular flexibility index (Phi) is 6.78. The number of ether oxygens (including phenoxy) is 1. The summed E-state index contributed by atoms with van der Waals surface area (Å²) < 4.78 is 5.12. The van der Waals surface area contributed by atoms with Crippen LogP contribution in [0.1, 0.15) is 28.8 Å². The molecule has 0 radical (unpaired) electrons. The second-order valence-corrected chi connectivity index (χ2v) is 6.83. The van der Waals surface area contributed by atoms with Crippen LogP contribution in [0.4, 0.5) is 0 Å². The first-order valence-corrected chi connectivity index (χ1v) is 9.45. The molecule has 1 aliphatic heterocycles. The molecule has 28 heavy (non-hydrogen) atoms. The molecule has 1 N–H and O–H groups in total. The molecule has 2 amide bonds. The summed E-state index contributed by atoms with van der Waals surface area (Å²) >= 11 is 0. The fourth-order valence-electron chi connectivity index (χ4n) is 3.20. The normalized spacial score (nSPS) is 14.8. The number of hydrogen-bond donors (Lipinski definition) is 1. The number of benzene rings is 1. The molecular formula is C22H25N3O3. The summed E-state index contributed by atoms with van der Waals surface area (Å²) in [5.41, 5.74) is 1.57. The van der Waals surface area contributed by atoms with Crippen molar-refractivity contribution < 1.29 is 14.3 Å². The van der Waals surface area contributed by atoms with Crippen molar-refractivity contribution in [2.75, 3.05) is 26.7 Å². The fraction of sp³-hybridized carbons (Fsp3) is 0.318. The maximum atomic E-state index is 12.4. The molecule has 1 fully saturated rings. The predicted octanol–water partition coefficient (Wildman–Crippen LogP) is 2.77. The van der Waals surface area contributed by atoms with Gasteiger partial charge < -0.3 is 15.0 Å². The zero-order valence-corrected chi connectivity index (χ0v) is 16.0. The lowest BCUT2D eigenvalue weighted by molar-refractivity contribution is -0.116. The number of likely N-dealkylation sites (tertiary alicyclic amines) is 1. The molecular weight excluding hydrogens is 354 g/mol. The molecule has 1 aromatic carbocycles. The van der Waals surface area contributed by atoms with Crippen LogP contribution in [0.5, 0.6) is 5.75 Å². The first-order valence-electron chi connectivity index (χ1n) is 9.45. The average molecular weight is 379 g/mol. The molecule has 3 rings (SSSR count). The lowest BCUT2D eigenvalue weighted by Crippen LogP contribution is -2.41. The Labute approximate surface area is 165 Å². The predicted molar refractivity (Wildman–Crippen MR) is 108 cm³/mol. The zero-order valence-electron chi connectivity index (χ0n) is 16.0. The molecule has 1 aromatic heterocycles. The van der Waals surface area contributed by atoms with Gasteiger partial charge in [-0.05, 0) is 54.7 Å². The molecule has 2 heterocycles. The minimum Gasteiger partial charge on any atom is -0.497 e. The van der Waals surface area contributed by atoms with E-state index in [9.17, 15) is 9.59 Å². The van der Waals surface area contributed by atoms with E-state index < -0.39 is 0 Å². The highest BCUT2D eigenvalue weighted by Gasteiger charge is 2.23. The molecule has 0 bridgehead atoms. The molecule has 0 spiro atoms. The summed E-state index contributed by atoms with van der Waals surface area (Å²) in [4.78, 5) is 30.3. The standard InChI is InChI=1S/C22H25N3O3/c1-28-20-7-4-17(5-8-20)6-9-21(26)24-15-18-10-13-25(14-11-18)22(27)19-3-2-12-23-16-19/h2-9,12,16,18H,10-11,13-15H2,1H3,(H,24,26)/b9-6+. The van der Waals surface area contributed by atoms with Crippen molar-refractivity contribution in [3.05, 3.63) is 66.0 Å². The highest BCUT2D eigenvalue weighted by atomic mass is 16.5. The van der Waals surface area contributed by atoms with Gasteiger partial charge in [0.05, 0.1) is 12.7 Å². The molecule has 1 aliphatic rings. The first-order chi connectivity index (χ1) is 13.7. The molecule has 6 heteroatoms. The zero-order chi connectivity index (χ0) is 19.8. The Bertz CT molecular complexity index is 811. The van der Waals surface area contributed by atoms with E-state index in [1.807, 2.05) is 29.2 Å². The number of carbonyl (C=O) groups is 2. The van der Waals surface area contributed by atoms with E-state index in [0.717, 1.165) is 24.2 Å². The molecule has 0 aliphatic carbocycles. The van der Waals surface area contributed by atoms with E-state index in [0.29, 0.717) is 31.1 Å². The lowest BCUT2D eigenvalue weighted by atomic mass is 9.96. The average Bonchev–Trinajstić information content (AvgIpc) is 2.77. The van der Waals surface area contributed by atoms with Crippen molar-refractivity contribution >= 4 is 17.9 Å². The molecule has 146 valence electrons. The van der Waals surface area contributed by atoms with Crippen LogP contribution in [0.3, 0.4) is 0 Å². The molecule has 2 aromatic rings. The minimum absolute atomic E-state index is 0.0259. The molecule has 1 saturated heterocycles. The number of rotatable bonds is 6. The number of amides is 2. The number of piperidine rings is 1. The van der Waals surface area contributed by atoms with Gasteiger partial charge in [-0.25, -0.2) is 0 Å².